The second-order valence-corrected chi connectivity index (χ2v) is 5.15. The highest BCUT2D eigenvalue weighted by atomic mass is 79.9. The van der Waals surface area contributed by atoms with Crippen LogP contribution in [0.4, 0.5) is 8.78 Å². The van der Waals surface area contributed by atoms with Crippen LogP contribution in [-0.4, -0.2) is 15.5 Å². The second kappa shape index (κ2) is 4.37. The Bertz CT molecular complexity index is 534. The molecule has 2 heterocycles. The summed E-state index contributed by atoms with van der Waals surface area (Å²) in [5.74, 6) is -3.38. The Morgan fingerprint density at radius 1 is 1.41 bits per heavy atom. The van der Waals surface area contributed by atoms with Gasteiger partial charge in [0, 0.05) is 23.7 Å². The number of pyridine rings is 1. The van der Waals surface area contributed by atoms with Gasteiger partial charge in [0.1, 0.15) is 4.60 Å². The molecule has 0 bridgehead atoms. The molecule has 0 aromatic carbocycles. The third-order valence-corrected chi connectivity index (χ3v) is 3.51. The second-order valence-electron chi connectivity index (χ2n) is 4.39. The fourth-order valence-corrected chi connectivity index (χ4v) is 2.09. The van der Waals surface area contributed by atoms with Gasteiger partial charge in [-0.15, -0.1) is 0 Å². The lowest BCUT2D eigenvalue weighted by Crippen LogP contribution is -2.29. The van der Waals surface area contributed by atoms with Gasteiger partial charge >= 0.3 is 0 Å². The largest absolute Gasteiger partial charge is 0.341 e. The van der Waals surface area contributed by atoms with Crippen LogP contribution in [0.1, 0.15) is 13.8 Å². The summed E-state index contributed by atoms with van der Waals surface area (Å²) in [7, 11) is 0. The molecule has 0 aliphatic carbocycles. The van der Waals surface area contributed by atoms with E-state index >= 15 is 0 Å². The maximum atomic E-state index is 13.7. The molecule has 0 aliphatic rings. The standard InChI is InChI=1S/C12H13BrF2N2/c1-8(2)12(14,15)7-17-6-4-9-10(17)3-5-16-11(9)13/h3-6,8H,7H2,1-2H3. The number of nitrogens with zero attached hydrogens (tertiary/aromatic N) is 2. The van der Waals surface area contributed by atoms with Gasteiger partial charge in [-0.2, -0.15) is 0 Å². The van der Waals surface area contributed by atoms with Crippen molar-refractivity contribution in [3.63, 3.8) is 0 Å². The van der Waals surface area contributed by atoms with E-state index in [1.54, 1.807) is 29.1 Å². The summed E-state index contributed by atoms with van der Waals surface area (Å²) in [6.45, 7) is 2.76. The molecular formula is C12H13BrF2N2. The van der Waals surface area contributed by atoms with E-state index in [9.17, 15) is 8.78 Å². The minimum atomic E-state index is -2.71. The first-order valence-corrected chi connectivity index (χ1v) is 6.18. The predicted molar refractivity (Wildman–Crippen MR) is 67.2 cm³/mol. The molecule has 0 spiro atoms. The molecule has 0 radical (unpaired) electrons. The fourth-order valence-electron chi connectivity index (χ4n) is 1.64. The van der Waals surface area contributed by atoms with Crippen LogP contribution < -0.4 is 0 Å². The molecule has 0 N–H and O–H groups in total. The Morgan fingerprint density at radius 3 is 2.76 bits per heavy atom. The number of fused-ring (bicyclic) bond motifs is 1. The minimum Gasteiger partial charge on any atom is -0.341 e. The zero-order valence-electron chi connectivity index (χ0n) is 9.62. The molecule has 2 nitrogen and oxygen atoms in total. The normalized spacial score (nSPS) is 12.6. The number of rotatable bonds is 3. The van der Waals surface area contributed by atoms with Crippen molar-refractivity contribution in [3.8, 4) is 0 Å². The van der Waals surface area contributed by atoms with Gasteiger partial charge in [0.2, 0.25) is 0 Å². The van der Waals surface area contributed by atoms with Crippen LogP contribution >= 0.6 is 15.9 Å². The minimum absolute atomic E-state index is 0.301. The van der Waals surface area contributed by atoms with E-state index in [-0.39, 0.29) is 6.54 Å². The fraction of sp³-hybridized carbons (Fsp3) is 0.417. The number of halogens is 3. The summed E-state index contributed by atoms with van der Waals surface area (Å²) in [6.07, 6.45) is 3.28. The van der Waals surface area contributed by atoms with Crippen molar-refractivity contribution < 1.29 is 8.78 Å². The Balaban J connectivity index is 2.41. The average molecular weight is 303 g/mol. The Kier molecular flexibility index (Phi) is 3.21. The maximum Gasteiger partial charge on any atom is 0.267 e. The van der Waals surface area contributed by atoms with Crippen LogP contribution in [0.25, 0.3) is 10.9 Å². The molecule has 0 saturated heterocycles. The lowest BCUT2D eigenvalue weighted by Gasteiger charge is -2.21. The lowest BCUT2D eigenvalue weighted by molar-refractivity contribution is -0.0587. The van der Waals surface area contributed by atoms with Gasteiger partial charge in [-0.3, -0.25) is 0 Å². The molecule has 17 heavy (non-hydrogen) atoms. The molecule has 0 amide bonds. The van der Waals surface area contributed by atoms with Crippen LogP contribution in [0.2, 0.25) is 0 Å². The van der Waals surface area contributed by atoms with Crippen molar-refractivity contribution in [2.75, 3.05) is 0 Å². The summed E-state index contributed by atoms with van der Waals surface area (Å²) in [6, 6.07) is 3.54. The van der Waals surface area contributed by atoms with Gasteiger partial charge in [-0.05, 0) is 28.1 Å². The van der Waals surface area contributed by atoms with Gasteiger partial charge < -0.3 is 4.57 Å². The topological polar surface area (TPSA) is 17.8 Å². The lowest BCUT2D eigenvalue weighted by atomic mass is 10.1. The van der Waals surface area contributed by atoms with Gasteiger partial charge in [0.05, 0.1) is 12.1 Å². The molecule has 0 saturated carbocycles. The highest BCUT2D eigenvalue weighted by Gasteiger charge is 2.33. The highest BCUT2D eigenvalue weighted by molar-refractivity contribution is 9.10. The summed E-state index contributed by atoms with van der Waals surface area (Å²) in [5.41, 5.74) is 0.771. The highest BCUT2D eigenvalue weighted by Crippen LogP contribution is 2.29. The molecule has 0 fully saturated rings. The molecule has 0 aliphatic heterocycles. The Hall–Kier alpha value is -0.970. The van der Waals surface area contributed by atoms with E-state index in [4.69, 9.17) is 0 Å². The van der Waals surface area contributed by atoms with E-state index in [0.29, 0.717) is 4.60 Å². The van der Waals surface area contributed by atoms with Crippen LogP contribution in [-0.2, 0) is 6.54 Å². The maximum absolute atomic E-state index is 13.7. The summed E-state index contributed by atoms with van der Waals surface area (Å²) < 4.78 is 29.6. The first-order chi connectivity index (χ1) is 7.92. The van der Waals surface area contributed by atoms with Crippen LogP contribution in [0.3, 0.4) is 0 Å². The van der Waals surface area contributed by atoms with Gasteiger partial charge in [0.25, 0.3) is 5.92 Å². The van der Waals surface area contributed by atoms with Crippen molar-refractivity contribution in [2.24, 2.45) is 5.92 Å². The predicted octanol–water partition coefficient (Wildman–Crippen LogP) is 4.09. The van der Waals surface area contributed by atoms with Gasteiger partial charge in [-0.25, -0.2) is 13.8 Å². The molecule has 2 aromatic rings. The third-order valence-electron chi connectivity index (χ3n) is 2.87. The zero-order chi connectivity index (χ0) is 12.6. The third kappa shape index (κ3) is 2.34. The average Bonchev–Trinajstić information content (AvgIpc) is 2.62. The van der Waals surface area contributed by atoms with Crippen molar-refractivity contribution in [1.29, 1.82) is 0 Å². The van der Waals surface area contributed by atoms with Crippen LogP contribution in [0.15, 0.2) is 29.1 Å². The summed E-state index contributed by atoms with van der Waals surface area (Å²) >= 11 is 3.31. The zero-order valence-corrected chi connectivity index (χ0v) is 11.2. The first kappa shape index (κ1) is 12.5. The van der Waals surface area contributed by atoms with E-state index in [2.05, 4.69) is 20.9 Å². The summed E-state index contributed by atoms with van der Waals surface area (Å²) in [4.78, 5) is 4.07. The SMILES string of the molecule is CC(C)C(F)(F)Cn1ccc2c(Br)nccc21. The Labute approximate surface area is 107 Å². The molecule has 0 unspecified atom stereocenters. The molecule has 92 valence electrons. The Morgan fingerprint density at radius 2 is 2.12 bits per heavy atom. The molecular weight excluding hydrogens is 290 g/mol. The molecule has 2 rings (SSSR count). The first-order valence-electron chi connectivity index (χ1n) is 5.39. The number of hydrogen-bond acceptors (Lipinski definition) is 1. The molecule has 0 atom stereocenters. The van der Waals surface area contributed by atoms with Crippen LogP contribution in [0, 0.1) is 5.92 Å². The van der Waals surface area contributed by atoms with Crippen molar-refractivity contribution in [1.82, 2.24) is 9.55 Å². The molecule has 5 heteroatoms. The number of hydrogen-bond donors (Lipinski definition) is 0. The van der Waals surface area contributed by atoms with Gasteiger partial charge in [-0.1, -0.05) is 13.8 Å². The number of alkyl halides is 2. The van der Waals surface area contributed by atoms with E-state index in [1.807, 2.05) is 0 Å². The van der Waals surface area contributed by atoms with Crippen molar-refractivity contribution in [3.05, 3.63) is 29.1 Å². The van der Waals surface area contributed by atoms with Crippen LogP contribution in [0.5, 0.6) is 0 Å². The van der Waals surface area contributed by atoms with Crippen molar-refractivity contribution >= 4 is 26.8 Å². The van der Waals surface area contributed by atoms with E-state index in [1.165, 1.54) is 13.8 Å². The number of aromatic nitrogens is 2. The van der Waals surface area contributed by atoms with Crippen molar-refractivity contribution in [2.45, 2.75) is 26.3 Å². The van der Waals surface area contributed by atoms with E-state index in [0.717, 1.165) is 10.9 Å². The molecule has 2 aromatic heterocycles. The summed E-state index contributed by atoms with van der Waals surface area (Å²) in [5, 5.41) is 0.854. The van der Waals surface area contributed by atoms with Gasteiger partial charge in [0.15, 0.2) is 0 Å². The monoisotopic (exact) mass is 302 g/mol. The smallest absolute Gasteiger partial charge is 0.267 e. The quantitative estimate of drug-likeness (QED) is 0.781. The van der Waals surface area contributed by atoms with E-state index < -0.39 is 11.8 Å².